The van der Waals surface area contributed by atoms with Crippen molar-refractivity contribution in [1.29, 1.82) is 0 Å². The molecule has 9 aromatic carbocycles. The molecular weight excluding hydrogens is 569 g/mol. The molecule has 0 saturated heterocycles. The Bertz CT molecular complexity index is 2880. The van der Waals surface area contributed by atoms with E-state index in [0.717, 1.165) is 21.9 Å². The summed E-state index contributed by atoms with van der Waals surface area (Å²) in [4.78, 5) is 0. The molecule has 0 radical (unpaired) electrons. The van der Waals surface area contributed by atoms with E-state index in [1.165, 1.54) is 87.6 Å². The van der Waals surface area contributed by atoms with Crippen molar-refractivity contribution in [3.63, 3.8) is 0 Å². The Balaban J connectivity index is 1.20. The quantitative estimate of drug-likeness (QED) is 0.182. The topological polar surface area (TPSA) is 13.1 Å². The molecule has 1 aromatic heterocycles. The van der Waals surface area contributed by atoms with E-state index in [4.69, 9.17) is 4.42 Å². The highest BCUT2D eigenvalue weighted by Crippen LogP contribution is 2.50. The molecule has 0 bridgehead atoms. The fourth-order valence-corrected chi connectivity index (χ4v) is 8.46. The molecule has 47 heavy (non-hydrogen) atoms. The maximum atomic E-state index is 6.55. The first kappa shape index (κ1) is 25.1. The standard InChI is InChI=1S/C46H26O/c1-2-11-31-29(10-1)30-12-5-6-15-35(30)45-36(31)18-8-19-38(45)39-20-9-21-43-46(39)41-26-27(22-25-42(41)47-43)28-23-24-40-33-14-4-3-13-32(33)37-17-7-16-34(28)44(37)40/h1-26H. The Labute approximate surface area is 270 Å². The lowest BCUT2D eigenvalue weighted by Crippen LogP contribution is -1.88. The predicted molar refractivity (Wildman–Crippen MR) is 199 cm³/mol. The van der Waals surface area contributed by atoms with Gasteiger partial charge in [0, 0.05) is 10.8 Å². The van der Waals surface area contributed by atoms with Crippen LogP contribution in [0.4, 0.5) is 0 Å². The number of hydrogen-bond donors (Lipinski definition) is 0. The van der Waals surface area contributed by atoms with Gasteiger partial charge in [0.1, 0.15) is 11.2 Å². The van der Waals surface area contributed by atoms with Crippen LogP contribution in [0.2, 0.25) is 0 Å². The molecule has 11 rings (SSSR count). The van der Waals surface area contributed by atoms with Crippen molar-refractivity contribution in [1.82, 2.24) is 0 Å². The zero-order chi connectivity index (χ0) is 30.6. The minimum Gasteiger partial charge on any atom is -0.456 e. The molecule has 1 aliphatic rings. The van der Waals surface area contributed by atoms with Gasteiger partial charge >= 0.3 is 0 Å². The summed E-state index contributed by atoms with van der Waals surface area (Å²) in [6, 6.07) is 57.7. The molecule has 0 spiro atoms. The van der Waals surface area contributed by atoms with Crippen LogP contribution in [-0.4, -0.2) is 0 Å². The first-order valence-corrected chi connectivity index (χ1v) is 16.3. The highest BCUT2D eigenvalue weighted by Gasteiger charge is 2.23. The Hall–Kier alpha value is -6.18. The third-order valence-electron chi connectivity index (χ3n) is 10.4. The van der Waals surface area contributed by atoms with E-state index in [2.05, 4.69) is 158 Å². The van der Waals surface area contributed by atoms with Crippen LogP contribution >= 0.6 is 0 Å². The van der Waals surface area contributed by atoms with Crippen molar-refractivity contribution in [2.24, 2.45) is 0 Å². The highest BCUT2D eigenvalue weighted by atomic mass is 16.3. The Morgan fingerprint density at radius 2 is 0.745 bits per heavy atom. The fraction of sp³-hybridized carbons (Fsp3) is 0. The van der Waals surface area contributed by atoms with E-state index < -0.39 is 0 Å². The van der Waals surface area contributed by atoms with Crippen LogP contribution in [0.5, 0.6) is 0 Å². The lowest BCUT2D eigenvalue weighted by atomic mass is 9.88. The number of benzene rings is 9. The van der Waals surface area contributed by atoms with Crippen molar-refractivity contribution in [3.05, 3.63) is 158 Å². The number of furan rings is 1. The summed E-state index contributed by atoms with van der Waals surface area (Å²) in [5, 5.41) is 12.6. The monoisotopic (exact) mass is 594 g/mol. The van der Waals surface area contributed by atoms with Crippen LogP contribution in [0, 0.1) is 0 Å². The minimum atomic E-state index is 0.907. The zero-order valence-electron chi connectivity index (χ0n) is 25.4. The molecule has 1 aliphatic carbocycles. The van der Waals surface area contributed by atoms with Gasteiger partial charge < -0.3 is 4.42 Å². The lowest BCUT2D eigenvalue weighted by molar-refractivity contribution is 0.669. The maximum absolute atomic E-state index is 6.55. The predicted octanol–water partition coefficient (Wildman–Crippen LogP) is 13.2. The first-order chi connectivity index (χ1) is 23.3. The van der Waals surface area contributed by atoms with Gasteiger partial charge in [-0.25, -0.2) is 0 Å². The molecule has 10 aromatic rings. The molecule has 0 N–H and O–H groups in total. The van der Waals surface area contributed by atoms with Gasteiger partial charge in [0.2, 0.25) is 0 Å². The minimum absolute atomic E-state index is 0.907. The molecule has 0 unspecified atom stereocenters. The van der Waals surface area contributed by atoms with Crippen molar-refractivity contribution in [2.75, 3.05) is 0 Å². The second-order valence-electron chi connectivity index (χ2n) is 12.7. The lowest BCUT2D eigenvalue weighted by Gasteiger charge is -2.15. The third-order valence-corrected chi connectivity index (χ3v) is 10.4. The SMILES string of the molecule is c1ccc2c(c1)-c1cccc3c(-c4ccc5oc6cccc(-c7cccc8c9ccccc9c9ccccc9c78)c6c5c4)ccc-2c13. The van der Waals surface area contributed by atoms with Crippen molar-refractivity contribution in [3.8, 4) is 44.5 Å². The summed E-state index contributed by atoms with van der Waals surface area (Å²) < 4.78 is 6.55. The average molecular weight is 595 g/mol. The van der Waals surface area contributed by atoms with E-state index in [1.54, 1.807) is 0 Å². The summed E-state index contributed by atoms with van der Waals surface area (Å²) in [5.41, 5.74) is 12.0. The van der Waals surface area contributed by atoms with Crippen molar-refractivity contribution < 1.29 is 4.42 Å². The van der Waals surface area contributed by atoms with Crippen LogP contribution in [0.3, 0.4) is 0 Å². The van der Waals surface area contributed by atoms with E-state index >= 15 is 0 Å². The molecule has 1 heterocycles. The van der Waals surface area contributed by atoms with Gasteiger partial charge in [-0.2, -0.15) is 0 Å². The number of fused-ring (bicyclic) bond motifs is 12. The molecular formula is C46H26O. The van der Waals surface area contributed by atoms with Gasteiger partial charge in [0.05, 0.1) is 0 Å². The molecule has 1 nitrogen and oxygen atoms in total. The molecule has 0 atom stereocenters. The van der Waals surface area contributed by atoms with Gasteiger partial charge in [-0.3, -0.25) is 0 Å². The summed E-state index contributed by atoms with van der Waals surface area (Å²) in [6.07, 6.45) is 0. The van der Waals surface area contributed by atoms with Gasteiger partial charge in [0.25, 0.3) is 0 Å². The van der Waals surface area contributed by atoms with E-state index in [0.29, 0.717) is 0 Å². The van der Waals surface area contributed by atoms with Gasteiger partial charge in [0.15, 0.2) is 0 Å². The van der Waals surface area contributed by atoms with Crippen LogP contribution in [0.1, 0.15) is 0 Å². The van der Waals surface area contributed by atoms with Crippen molar-refractivity contribution >= 4 is 65.0 Å². The smallest absolute Gasteiger partial charge is 0.136 e. The Morgan fingerprint density at radius 1 is 0.255 bits per heavy atom. The first-order valence-electron chi connectivity index (χ1n) is 16.3. The molecule has 0 aliphatic heterocycles. The van der Waals surface area contributed by atoms with E-state index in [-0.39, 0.29) is 0 Å². The summed E-state index contributed by atoms with van der Waals surface area (Å²) in [6.45, 7) is 0. The summed E-state index contributed by atoms with van der Waals surface area (Å²) in [5.74, 6) is 0. The Kier molecular flexibility index (Phi) is 4.90. The average Bonchev–Trinajstić information content (AvgIpc) is 3.68. The molecule has 0 fully saturated rings. The van der Waals surface area contributed by atoms with E-state index in [9.17, 15) is 0 Å². The zero-order valence-corrected chi connectivity index (χ0v) is 25.4. The maximum Gasteiger partial charge on any atom is 0.136 e. The Morgan fingerprint density at radius 3 is 1.47 bits per heavy atom. The van der Waals surface area contributed by atoms with E-state index in [1.807, 2.05) is 0 Å². The number of hydrogen-bond acceptors (Lipinski definition) is 1. The molecule has 1 heteroatoms. The highest BCUT2D eigenvalue weighted by molar-refractivity contribution is 6.30. The largest absolute Gasteiger partial charge is 0.456 e. The van der Waals surface area contributed by atoms with Gasteiger partial charge in [-0.15, -0.1) is 0 Å². The normalized spacial score (nSPS) is 12.3. The second-order valence-corrected chi connectivity index (χ2v) is 12.7. The second kappa shape index (κ2) is 9.19. The van der Waals surface area contributed by atoms with Crippen LogP contribution in [0.15, 0.2) is 162 Å². The summed E-state index contributed by atoms with van der Waals surface area (Å²) in [7, 11) is 0. The van der Waals surface area contributed by atoms with Gasteiger partial charge in [-0.1, -0.05) is 140 Å². The number of rotatable bonds is 2. The van der Waals surface area contributed by atoms with Crippen LogP contribution < -0.4 is 0 Å². The van der Waals surface area contributed by atoms with Crippen LogP contribution in [-0.2, 0) is 0 Å². The van der Waals surface area contributed by atoms with Gasteiger partial charge in [-0.05, 0) is 106 Å². The van der Waals surface area contributed by atoms with Crippen LogP contribution in [0.25, 0.3) is 110 Å². The molecule has 0 saturated carbocycles. The van der Waals surface area contributed by atoms with Crippen molar-refractivity contribution in [2.45, 2.75) is 0 Å². The third kappa shape index (κ3) is 3.33. The summed E-state index contributed by atoms with van der Waals surface area (Å²) >= 11 is 0. The molecule has 216 valence electrons. The molecule has 0 amide bonds. The fourth-order valence-electron chi connectivity index (χ4n) is 8.46.